The summed E-state index contributed by atoms with van der Waals surface area (Å²) in [7, 11) is 0. The van der Waals surface area contributed by atoms with Crippen LogP contribution in [-0.2, 0) is 0 Å². The fourth-order valence-electron chi connectivity index (χ4n) is 2.62. The first kappa shape index (κ1) is 17.0. The molecule has 26 heavy (non-hydrogen) atoms. The second-order valence-corrected chi connectivity index (χ2v) is 7.39. The van der Waals surface area contributed by atoms with E-state index in [4.69, 9.17) is 23.2 Å². The quantitative estimate of drug-likeness (QED) is 0.502. The molecule has 0 aliphatic carbocycles. The summed E-state index contributed by atoms with van der Waals surface area (Å²) < 4.78 is 2.58. The van der Waals surface area contributed by atoms with Crippen LogP contribution in [0.5, 0.6) is 0 Å². The average molecular weight is 403 g/mol. The summed E-state index contributed by atoms with van der Waals surface area (Å²) >= 11 is 13.5. The van der Waals surface area contributed by atoms with E-state index in [-0.39, 0.29) is 5.91 Å². The number of thiazole rings is 1. The molecular weight excluding hydrogens is 391 g/mol. The number of benzene rings is 2. The van der Waals surface area contributed by atoms with Gasteiger partial charge in [0.05, 0.1) is 37.9 Å². The monoisotopic (exact) mass is 402 g/mol. The summed E-state index contributed by atoms with van der Waals surface area (Å²) in [6, 6.07) is 13.2. The molecule has 0 bridgehead atoms. The molecule has 0 spiro atoms. The Morgan fingerprint density at radius 2 is 1.92 bits per heavy atom. The predicted molar refractivity (Wildman–Crippen MR) is 106 cm³/mol. The summed E-state index contributed by atoms with van der Waals surface area (Å²) in [5.74, 6) is -0.272. The van der Waals surface area contributed by atoms with Gasteiger partial charge in [0, 0.05) is 0 Å². The van der Waals surface area contributed by atoms with Crippen LogP contribution in [0.4, 0.5) is 5.13 Å². The van der Waals surface area contributed by atoms with Crippen molar-refractivity contribution in [2.75, 3.05) is 5.32 Å². The van der Waals surface area contributed by atoms with Gasteiger partial charge in [0.25, 0.3) is 5.91 Å². The highest BCUT2D eigenvalue weighted by molar-refractivity contribution is 7.22. The first-order chi connectivity index (χ1) is 12.5. The largest absolute Gasteiger partial charge is 0.298 e. The van der Waals surface area contributed by atoms with Crippen molar-refractivity contribution in [3.8, 4) is 5.69 Å². The van der Waals surface area contributed by atoms with Gasteiger partial charge in [0.15, 0.2) is 5.13 Å². The highest BCUT2D eigenvalue weighted by Gasteiger charge is 2.17. The van der Waals surface area contributed by atoms with Gasteiger partial charge in [-0.25, -0.2) is 9.67 Å². The molecule has 0 fully saturated rings. The SMILES string of the molecule is Cc1c(C(=O)Nc2nc3c(Cl)c(Cl)ccc3s2)cnn1-c1ccccc1. The summed E-state index contributed by atoms with van der Waals surface area (Å²) in [6.07, 6.45) is 1.55. The third-order valence-electron chi connectivity index (χ3n) is 3.93. The third-order valence-corrected chi connectivity index (χ3v) is 5.66. The van der Waals surface area contributed by atoms with E-state index in [1.165, 1.54) is 11.3 Å². The second-order valence-electron chi connectivity index (χ2n) is 5.57. The lowest BCUT2D eigenvalue weighted by molar-refractivity contribution is 0.102. The van der Waals surface area contributed by atoms with Crippen molar-refractivity contribution in [3.05, 3.63) is 70.0 Å². The van der Waals surface area contributed by atoms with E-state index in [0.717, 1.165) is 16.1 Å². The molecule has 0 atom stereocenters. The van der Waals surface area contributed by atoms with Crippen molar-refractivity contribution in [2.24, 2.45) is 0 Å². The first-order valence-electron chi connectivity index (χ1n) is 7.70. The van der Waals surface area contributed by atoms with Crippen LogP contribution in [0.1, 0.15) is 16.1 Å². The van der Waals surface area contributed by atoms with Crippen LogP contribution >= 0.6 is 34.5 Å². The number of hydrogen-bond donors (Lipinski definition) is 1. The van der Waals surface area contributed by atoms with Gasteiger partial charge < -0.3 is 0 Å². The van der Waals surface area contributed by atoms with Gasteiger partial charge in [-0.1, -0.05) is 52.7 Å². The topological polar surface area (TPSA) is 59.8 Å². The predicted octanol–water partition coefficient (Wildman–Crippen LogP) is 5.35. The molecule has 1 N–H and O–H groups in total. The zero-order valence-electron chi connectivity index (χ0n) is 13.5. The number of carbonyl (C=O) groups is 1. The Morgan fingerprint density at radius 1 is 1.15 bits per heavy atom. The van der Waals surface area contributed by atoms with Gasteiger partial charge in [0.2, 0.25) is 0 Å². The second kappa shape index (κ2) is 6.72. The lowest BCUT2D eigenvalue weighted by Gasteiger charge is -2.05. The first-order valence-corrected chi connectivity index (χ1v) is 9.28. The van der Waals surface area contributed by atoms with Crippen LogP contribution < -0.4 is 5.32 Å². The summed E-state index contributed by atoms with van der Waals surface area (Å²) in [4.78, 5) is 17.0. The van der Waals surface area contributed by atoms with Gasteiger partial charge in [-0.15, -0.1) is 0 Å². The number of fused-ring (bicyclic) bond motifs is 1. The average Bonchev–Trinajstić information content (AvgIpc) is 3.22. The number of anilines is 1. The fraction of sp³-hybridized carbons (Fsp3) is 0.0556. The third kappa shape index (κ3) is 2.96. The standard InChI is InChI=1S/C18H12Cl2N4OS/c1-10-12(9-21-24(10)11-5-3-2-4-6-11)17(25)23-18-22-16-14(26-18)8-7-13(19)15(16)20/h2-9H,1H3,(H,22,23,25). The normalized spacial score (nSPS) is 11.0. The zero-order valence-corrected chi connectivity index (χ0v) is 15.9. The molecular formula is C18H12Cl2N4OS. The van der Waals surface area contributed by atoms with E-state index in [1.807, 2.05) is 43.3 Å². The minimum absolute atomic E-state index is 0.272. The Hall–Kier alpha value is -2.41. The molecule has 4 rings (SSSR count). The molecule has 5 nitrogen and oxygen atoms in total. The maximum Gasteiger partial charge on any atom is 0.260 e. The molecule has 0 aliphatic rings. The molecule has 0 aliphatic heterocycles. The number of amides is 1. The van der Waals surface area contributed by atoms with Crippen LogP contribution in [0.25, 0.3) is 15.9 Å². The van der Waals surface area contributed by atoms with Gasteiger partial charge in [0.1, 0.15) is 5.52 Å². The highest BCUT2D eigenvalue weighted by atomic mass is 35.5. The molecule has 2 heterocycles. The van der Waals surface area contributed by atoms with Crippen LogP contribution in [-0.4, -0.2) is 20.7 Å². The molecule has 0 saturated carbocycles. The molecule has 2 aromatic carbocycles. The Balaban J connectivity index is 1.63. The van der Waals surface area contributed by atoms with Gasteiger partial charge in [-0.05, 0) is 31.2 Å². The van der Waals surface area contributed by atoms with E-state index in [2.05, 4.69) is 15.4 Å². The van der Waals surface area contributed by atoms with E-state index >= 15 is 0 Å². The van der Waals surface area contributed by atoms with E-state index in [9.17, 15) is 4.79 Å². The van der Waals surface area contributed by atoms with Crippen molar-refractivity contribution in [1.82, 2.24) is 14.8 Å². The lowest BCUT2D eigenvalue weighted by atomic mass is 10.2. The Morgan fingerprint density at radius 3 is 2.69 bits per heavy atom. The summed E-state index contributed by atoms with van der Waals surface area (Å²) in [5, 5.41) is 8.41. The van der Waals surface area contributed by atoms with Crippen molar-refractivity contribution in [3.63, 3.8) is 0 Å². The summed E-state index contributed by atoms with van der Waals surface area (Å²) in [6.45, 7) is 1.85. The molecule has 130 valence electrons. The minimum atomic E-state index is -0.272. The number of nitrogens with one attached hydrogen (secondary N) is 1. The Bertz CT molecular complexity index is 1120. The van der Waals surface area contributed by atoms with Gasteiger partial charge >= 0.3 is 0 Å². The lowest BCUT2D eigenvalue weighted by Crippen LogP contribution is -2.12. The number of para-hydroxylation sites is 1. The number of halogens is 2. The van der Waals surface area contributed by atoms with Crippen LogP contribution in [0.15, 0.2) is 48.7 Å². The smallest absolute Gasteiger partial charge is 0.260 e. The number of nitrogens with zero attached hydrogens (tertiary/aromatic N) is 3. The number of carbonyl (C=O) groups excluding carboxylic acids is 1. The molecule has 1 amide bonds. The Kier molecular flexibility index (Phi) is 4.40. The molecule has 8 heteroatoms. The van der Waals surface area contributed by atoms with Crippen molar-refractivity contribution in [1.29, 1.82) is 0 Å². The summed E-state index contributed by atoms with van der Waals surface area (Å²) in [5.41, 5.74) is 2.70. The van der Waals surface area contributed by atoms with Crippen LogP contribution in [0, 0.1) is 6.92 Å². The molecule has 4 aromatic rings. The number of rotatable bonds is 3. The van der Waals surface area contributed by atoms with E-state index in [1.54, 1.807) is 16.9 Å². The van der Waals surface area contributed by atoms with Crippen LogP contribution in [0.2, 0.25) is 10.0 Å². The molecule has 0 radical (unpaired) electrons. The van der Waals surface area contributed by atoms with Crippen molar-refractivity contribution >= 4 is 55.8 Å². The maximum atomic E-state index is 12.7. The van der Waals surface area contributed by atoms with Crippen molar-refractivity contribution in [2.45, 2.75) is 6.92 Å². The molecule has 0 saturated heterocycles. The van der Waals surface area contributed by atoms with Crippen molar-refractivity contribution < 1.29 is 4.79 Å². The molecule has 0 unspecified atom stereocenters. The Labute approximate surface area is 163 Å². The van der Waals surface area contributed by atoms with Gasteiger partial charge in [-0.3, -0.25) is 10.1 Å². The van der Waals surface area contributed by atoms with E-state index < -0.39 is 0 Å². The molecule has 2 aromatic heterocycles. The zero-order chi connectivity index (χ0) is 18.3. The van der Waals surface area contributed by atoms with E-state index in [0.29, 0.717) is 26.3 Å². The van der Waals surface area contributed by atoms with Crippen LogP contribution in [0.3, 0.4) is 0 Å². The van der Waals surface area contributed by atoms with Gasteiger partial charge in [-0.2, -0.15) is 5.10 Å². The minimum Gasteiger partial charge on any atom is -0.298 e. The fourth-order valence-corrected chi connectivity index (χ4v) is 3.90. The maximum absolute atomic E-state index is 12.7. The highest BCUT2D eigenvalue weighted by Crippen LogP contribution is 2.35. The number of hydrogen-bond acceptors (Lipinski definition) is 4. The number of aromatic nitrogens is 3.